The highest BCUT2D eigenvalue weighted by molar-refractivity contribution is 7.09. The van der Waals surface area contributed by atoms with Gasteiger partial charge in [-0.05, 0) is 17.9 Å². The third-order valence-electron chi connectivity index (χ3n) is 1.60. The molecule has 0 unspecified atom stereocenters. The van der Waals surface area contributed by atoms with Gasteiger partial charge in [-0.25, -0.2) is 0 Å². The Hall–Kier alpha value is -0.540. The van der Waals surface area contributed by atoms with Gasteiger partial charge < -0.3 is 5.32 Å². The SMILES string of the molecule is O=C(CCCl)NCCc1cccs1. The Kier molecular flexibility index (Phi) is 4.86. The lowest BCUT2D eigenvalue weighted by Gasteiger charge is -2.01. The third-order valence-corrected chi connectivity index (χ3v) is 2.72. The number of thiophene rings is 1. The number of hydrogen-bond donors (Lipinski definition) is 1. The van der Waals surface area contributed by atoms with Crippen LogP contribution in [0.2, 0.25) is 0 Å². The first-order chi connectivity index (χ1) is 6.33. The fourth-order valence-electron chi connectivity index (χ4n) is 0.954. The van der Waals surface area contributed by atoms with Crippen LogP contribution in [0.25, 0.3) is 0 Å². The molecule has 0 aromatic carbocycles. The van der Waals surface area contributed by atoms with Crippen molar-refractivity contribution in [3.63, 3.8) is 0 Å². The summed E-state index contributed by atoms with van der Waals surface area (Å²) in [6.07, 6.45) is 1.32. The summed E-state index contributed by atoms with van der Waals surface area (Å²) in [5.41, 5.74) is 0. The van der Waals surface area contributed by atoms with Gasteiger partial charge in [0.05, 0.1) is 0 Å². The minimum Gasteiger partial charge on any atom is -0.356 e. The summed E-state index contributed by atoms with van der Waals surface area (Å²) < 4.78 is 0. The van der Waals surface area contributed by atoms with Crippen molar-refractivity contribution < 1.29 is 4.79 Å². The summed E-state index contributed by atoms with van der Waals surface area (Å²) in [5.74, 6) is 0.428. The van der Waals surface area contributed by atoms with E-state index in [2.05, 4.69) is 11.4 Å². The quantitative estimate of drug-likeness (QED) is 0.752. The Morgan fingerprint density at radius 2 is 2.46 bits per heavy atom. The van der Waals surface area contributed by atoms with Gasteiger partial charge in [0.1, 0.15) is 0 Å². The van der Waals surface area contributed by atoms with Crippen molar-refractivity contribution in [2.75, 3.05) is 12.4 Å². The van der Waals surface area contributed by atoms with Crippen LogP contribution in [0.5, 0.6) is 0 Å². The first kappa shape index (κ1) is 10.5. The molecule has 0 radical (unpaired) electrons. The van der Waals surface area contributed by atoms with Gasteiger partial charge in [-0.2, -0.15) is 0 Å². The van der Waals surface area contributed by atoms with Crippen LogP contribution >= 0.6 is 22.9 Å². The second kappa shape index (κ2) is 6.00. The molecule has 4 heteroatoms. The largest absolute Gasteiger partial charge is 0.356 e. The summed E-state index contributed by atoms with van der Waals surface area (Å²) in [4.78, 5) is 12.3. The van der Waals surface area contributed by atoms with Crippen molar-refractivity contribution in [2.45, 2.75) is 12.8 Å². The van der Waals surface area contributed by atoms with E-state index in [0.717, 1.165) is 6.42 Å². The number of amides is 1. The van der Waals surface area contributed by atoms with Crippen molar-refractivity contribution in [3.05, 3.63) is 22.4 Å². The molecule has 1 N–H and O–H groups in total. The molecule has 0 aliphatic carbocycles. The van der Waals surface area contributed by atoms with Crippen molar-refractivity contribution >= 4 is 28.8 Å². The average Bonchev–Trinajstić information content (AvgIpc) is 2.57. The average molecular weight is 218 g/mol. The lowest BCUT2D eigenvalue weighted by atomic mass is 10.3. The first-order valence-electron chi connectivity index (χ1n) is 4.18. The highest BCUT2D eigenvalue weighted by Crippen LogP contribution is 2.07. The van der Waals surface area contributed by atoms with Crippen LogP contribution in [0.15, 0.2) is 17.5 Å². The number of hydrogen-bond acceptors (Lipinski definition) is 2. The van der Waals surface area contributed by atoms with Gasteiger partial charge in [-0.15, -0.1) is 22.9 Å². The summed E-state index contributed by atoms with van der Waals surface area (Å²) in [7, 11) is 0. The summed E-state index contributed by atoms with van der Waals surface area (Å²) >= 11 is 7.13. The highest BCUT2D eigenvalue weighted by Gasteiger charge is 1.99. The predicted molar refractivity (Wildman–Crippen MR) is 56.4 cm³/mol. The normalized spacial score (nSPS) is 9.92. The van der Waals surface area contributed by atoms with Crippen LogP contribution in [0.4, 0.5) is 0 Å². The van der Waals surface area contributed by atoms with Crippen molar-refractivity contribution in [3.8, 4) is 0 Å². The van der Waals surface area contributed by atoms with Crippen molar-refractivity contribution in [1.82, 2.24) is 5.32 Å². The smallest absolute Gasteiger partial charge is 0.221 e. The van der Waals surface area contributed by atoms with E-state index in [1.807, 2.05) is 11.4 Å². The van der Waals surface area contributed by atoms with Gasteiger partial charge in [0.2, 0.25) is 5.91 Å². The minimum absolute atomic E-state index is 0.0338. The molecule has 1 aromatic rings. The monoisotopic (exact) mass is 217 g/mol. The molecule has 0 atom stereocenters. The van der Waals surface area contributed by atoms with E-state index >= 15 is 0 Å². The molecule has 1 aromatic heterocycles. The van der Waals surface area contributed by atoms with Crippen LogP contribution in [-0.4, -0.2) is 18.3 Å². The lowest BCUT2D eigenvalue weighted by Crippen LogP contribution is -2.25. The predicted octanol–water partition coefficient (Wildman–Crippen LogP) is 2.04. The topological polar surface area (TPSA) is 29.1 Å². The van der Waals surface area contributed by atoms with E-state index in [1.54, 1.807) is 11.3 Å². The molecule has 1 amide bonds. The maximum atomic E-state index is 11.0. The lowest BCUT2D eigenvalue weighted by molar-refractivity contribution is -0.120. The summed E-state index contributed by atoms with van der Waals surface area (Å²) in [6.45, 7) is 0.705. The van der Waals surface area contributed by atoms with Crippen LogP contribution in [0.1, 0.15) is 11.3 Å². The Labute approximate surface area is 86.9 Å². The molecule has 1 rings (SSSR count). The molecule has 0 bridgehead atoms. The Morgan fingerprint density at radius 1 is 1.62 bits per heavy atom. The van der Waals surface area contributed by atoms with Gasteiger partial charge in [0.25, 0.3) is 0 Å². The molecule has 0 aliphatic heterocycles. The van der Waals surface area contributed by atoms with Crippen LogP contribution in [-0.2, 0) is 11.2 Å². The van der Waals surface area contributed by atoms with E-state index in [0.29, 0.717) is 18.8 Å². The van der Waals surface area contributed by atoms with E-state index in [1.165, 1.54) is 4.88 Å². The van der Waals surface area contributed by atoms with Gasteiger partial charge in [-0.3, -0.25) is 4.79 Å². The molecule has 72 valence electrons. The van der Waals surface area contributed by atoms with Crippen molar-refractivity contribution in [2.24, 2.45) is 0 Å². The zero-order chi connectivity index (χ0) is 9.52. The van der Waals surface area contributed by atoms with E-state index < -0.39 is 0 Å². The van der Waals surface area contributed by atoms with Gasteiger partial charge in [-0.1, -0.05) is 6.07 Å². The fraction of sp³-hybridized carbons (Fsp3) is 0.444. The summed E-state index contributed by atoms with van der Waals surface area (Å²) in [6, 6.07) is 4.08. The fourth-order valence-corrected chi connectivity index (χ4v) is 1.83. The molecule has 2 nitrogen and oxygen atoms in total. The number of carbonyl (C=O) groups excluding carboxylic acids is 1. The third kappa shape index (κ3) is 4.29. The molecule has 0 fully saturated rings. The van der Waals surface area contributed by atoms with Gasteiger partial charge in [0.15, 0.2) is 0 Å². The van der Waals surface area contributed by atoms with Crippen LogP contribution < -0.4 is 5.32 Å². The molecule has 13 heavy (non-hydrogen) atoms. The summed E-state index contributed by atoms with van der Waals surface area (Å²) in [5, 5.41) is 4.84. The molecule has 0 saturated carbocycles. The zero-order valence-electron chi connectivity index (χ0n) is 7.25. The zero-order valence-corrected chi connectivity index (χ0v) is 8.83. The Morgan fingerprint density at radius 3 is 3.08 bits per heavy atom. The van der Waals surface area contributed by atoms with Gasteiger partial charge in [0, 0.05) is 23.7 Å². The van der Waals surface area contributed by atoms with Gasteiger partial charge >= 0.3 is 0 Å². The van der Waals surface area contributed by atoms with Crippen molar-refractivity contribution in [1.29, 1.82) is 0 Å². The Balaban J connectivity index is 2.11. The first-order valence-corrected chi connectivity index (χ1v) is 5.59. The molecular formula is C9H12ClNOS. The van der Waals surface area contributed by atoms with E-state index in [9.17, 15) is 4.79 Å². The Bertz CT molecular complexity index is 248. The molecule has 1 heterocycles. The standard InChI is InChI=1S/C9H12ClNOS/c10-5-3-9(12)11-6-4-8-2-1-7-13-8/h1-2,7H,3-6H2,(H,11,12). The molecule has 0 spiro atoms. The molecule has 0 saturated heterocycles. The second-order valence-corrected chi connectivity index (χ2v) is 4.03. The highest BCUT2D eigenvalue weighted by atomic mass is 35.5. The minimum atomic E-state index is 0.0338. The molecule has 0 aliphatic rings. The van der Waals surface area contributed by atoms with E-state index in [-0.39, 0.29) is 5.91 Å². The number of nitrogens with one attached hydrogen (secondary N) is 1. The maximum Gasteiger partial charge on any atom is 0.221 e. The maximum absolute atomic E-state index is 11.0. The number of carbonyl (C=O) groups is 1. The van der Waals surface area contributed by atoms with Crippen LogP contribution in [0.3, 0.4) is 0 Å². The molecular weight excluding hydrogens is 206 g/mol. The van der Waals surface area contributed by atoms with E-state index in [4.69, 9.17) is 11.6 Å². The number of rotatable bonds is 5. The number of halogens is 1. The second-order valence-electron chi connectivity index (χ2n) is 2.62. The number of alkyl halides is 1. The van der Waals surface area contributed by atoms with Crippen LogP contribution in [0, 0.1) is 0 Å².